The summed E-state index contributed by atoms with van der Waals surface area (Å²) in [5, 5.41) is 0. The first-order valence-electron chi connectivity index (χ1n) is 6.56. The molecule has 114 valence electrons. The van der Waals surface area contributed by atoms with Gasteiger partial charge in [0.2, 0.25) is 6.79 Å². The number of carbonyl (C=O) groups is 1. The van der Waals surface area contributed by atoms with Crippen molar-refractivity contribution in [3.63, 3.8) is 0 Å². The van der Waals surface area contributed by atoms with Crippen molar-refractivity contribution < 1.29 is 23.7 Å². The van der Waals surface area contributed by atoms with E-state index in [0.29, 0.717) is 28.6 Å². The van der Waals surface area contributed by atoms with Gasteiger partial charge in [-0.05, 0) is 24.3 Å². The molecule has 2 aromatic carbocycles. The van der Waals surface area contributed by atoms with Crippen LogP contribution in [0, 0.1) is 0 Å². The van der Waals surface area contributed by atoms with Gasteiger partial charge in [-0.2, -0.15) is 0 Å². The fraction of sp³-hybridized carbons (Fsp3) is 0.188. The Morgan fingerprint density at radius 2 is 2.05 bits per heavy atom. The molecule has 0 radical (unpaired) electrons. The van der Waals surface area contributed by atoms with Crippen molar-refractivity contribution >= 4 is 22.2 Å². The summed E-state index contributed by atoms with van der Waals surface area (Å²) >= 11 is 3.48. The van der Waals surface area contributed by atoms with Crippen LogP contribution in [-0.2, 0) is 6.61 Å². The van der Waals surface area contributed by atoms with Gasteiger partial charge in [-0.25, -0.2) is 0 Å². The van der Waals surface area contributed by atoms with Crippen LogP contribution in [0.3, 0.4) is 0 Å². The summed E-state index contributed by atoms with van der Waals surface area (Å²) in [5.74, 6) is 2.31. The molecule has 0 saturated heterocycles. The Kier molecular flexibility index (Phi) is 4.20. The normalized spacial score (nSPS) is 12.1. The Labute approximate surface area is 135 Å². The maximum absolute atomic E-state index is 11.1. The minimum absolute atomic E-state index is 0.216. The van der Waals surface area contributed by atoms with Gasteiger partial charge in [-0.1, -0.05) is 22.0 Å². The number of ether oxygens (including phenoxy) is 4. The largest absolute Gasteiger partial charge is 0.493 e. The Hall–Kier alpha value is -2.21. The fourth-order valence-corrected chi connectivity index (χ4v) is 2.60. The molecule has 1 heterocycles. The number of rotatable bonds is 5. The summed E-state index contributed by atoms with van der Waals surface area (Å²) in [6.45, 7) is 0.478. The first kappa shape index (κ1) is 14.7. The van der Waals surface area contributed by atoms with Crippen molar-refractivity contribution in [2.24, 2.45) is 0 Å². The molecule has 5 nitrogen and oxygen atoms in total. The van der Waals surface area contributed by atoms with E-state index in [4.69, 9.17) is 18.9 Å². The number of halogens is 1. The van der Waals surface area contributed by atoms with Crippen LogP contribution >= 0.6 is 15.9 Å². The van der Waals surface area contributed by atoms with Crippen molar-refractivity contribution in [2.75, 3.05) is 13.9 Å². The highest BCUT2D eigenvalue weighted by atomic mass is 79.9. The van der Waals surface area contributed by atoms with Gasteiger partial charge in [0.1, 0.15) is 6.61 Å². The summed E-state index contributed by atoms with van der Waals surface area (Å²) in [5.41, 5.74) is 1.32. The molecule has 0 atom stereocenters. The number of fused-ring (bicyclic) bond motifs is 1. The number of para-hydroxylation sites is 1. The van der Waals surface area contributed by atoms with Gasteiger partial charge in [0, 0.05) is 10.0 Å². The lowest BCUT2D eigenvalue weighted by Crippen LogP contribution is -2.01. The molecule has 1 aliphatic rings. The van der Waals surface area contributed by atoms with Gasteiger partial charge in [0.25, 0.3) is 0 Å². The minimum Gasteiger partial charge on any atom is -0.493 e. The zero-order chi connectivity index (χ0) is 15.5. The highest BCUT2D eigenvalue weighted by Gasteiger charge is 2.17. The number of carbonyl (C=O) groups excluding carboxylic acids is 1. The first-order valence-corrected chi connectivity index (χ1v) is 7.35. The van der Waals surface area contributed by atoms with Gasteiger partial charge < -0.3 is 18.9 Å². The van der Waals surface area contributed by atoms with E-state index in [1.54, 1.807) is 18.2 Å². The van der Waals surface area contributed by atoms with Crippen LogP contribution in [0.1, 0.15) is 15.9 Å². The highest BCUT2D eigenvalue weighted by molar-refractivity contribution is 9.10. The summed E-state index contributed by atoms with van der Waals surface area (Å²) in [6, 6.07) is 8.86. The maximum atomic E-state index is 11.1. The van der Waals surface area contributed by atoms with Gasteiger partial charge >= 0.3 is 0 Å². The van der Waals surface area contributed by atoms with E-state index in [1.165, 1.54) is 7.11 Å². The molecule has 0 amide bonds. The Balaban J connectivity index is 1.86. The average Bonchev–Trinajstić information content (AvgIpc) is 2.99. The van der Waals surface area contributed by atoms with Crippen molar-refractivity contribution in [1.29, 1.82) is 0 Å². The molecule has 0 saturated carbocycles. The smallest absolute Gasteiger partial charge is 0.231 e. The van der Waals surface area contributed by atoms with Crippen molar-refractivity contribution in [1.82, 2.24) is 0 Å². The second-order valence-electron chi connectivity index (χ2n) is 4.58. The lowest BCUT2D eigenvalue weighted by atomic mass is 10.2. The van der Waals surface area contributed by atoms with E-state index < -0.39 is 0 Å². The summed E-state index contributed by atoms with van der Waals surface area (Å²) in [6.07, 6.45) is 0.743. The van der Waals surface area contributed by atoms with Crippen LogP contribution in [0.25, 0.3) is 0 Å². The van der Waals surface area contributed by atoms with Crippen LogP contribution in [0.5, 0.6) is 23.0 Å². The molecular weight excluding hydrogens is 352 g/mol. The molecule has 0 unspecified atom stereocenters. The van der Waals surface area contributed by atoms with E-state index in [0.717, 1.165) is 16.3 Å². The molecule has 0 bridgehead atoms. The molecule has 0 aliphatic carbocycles. The van der Waals surface area contributed by atoms with E-state index in [1.807, 2.05) is 12.1 Å². The SMILES string of the molecule is COc1cccc(C=O)c1OCc1cc2c(cc1Br)OCO2. The monoisotopic (exact) mass is 364 g/mol. The lowest BCUT2D eigenvalue weighted by molar-refractivity contribution is 0.111. The van der Waals surface area contributed by atoms with Gasteiger partial charge in [-0.3, -0.25) is 4.79 Å². The third kappa shape index (κ3) is 2.74. The summed E-state index contributed by atoms with van der Waals surface area (Å²) in [7, 11) is 1.53. The molecule has 0 N–H and O–H groups in total. The lowest BCUT2D eigenvalue weighted by Gasteiger charge is -2.13. The van der Waals surface area contributed by atoms with Gasteiger partial charge in [0.15, 0.2) is 29.3 Å². The van der Waals surface area contributed by atoms with Crippen molar-refractivity contribution in [3.8, 4) is 23.0 Å². The number of hydrogen-bond acceptors (Lipinski definition) is 5. The zero-order valence-electron chi connectivity index (χ0n) is 11.8. The van der Waals surface area contributed by atoms with E-state index in [-0.39, 0.29) is 13.4 Å². The second-order valence-corrected chi connectivity index (χ2v) is 5.44. The maximum Gasteiger partial charge on any atom is 0.231 e. The van der Waals surface area contributed by atoms with Crippen LogP contribution in [0.15, 0.2) is 34.8 Å². The Morgan fingerprint density at radius 3 is 2.77 bits per heavy atom. The number of benzene rings is 2. The molecule has 2 aromatic rings. The third-order valence-electron chi connectivity index (χ3n) is 3.27. The number of methoxy groups -OCH3 is 1. The molecule has 1 aliphatic heterocycles. The van der Waals surface area contributed by atoms with E-state index in [9.17, 15) is 4.79 Å². The third-order valence-corrected chi connectivity index (χ3v) is 4.01. The van der Waals surface area contributed by atoms with Crippen LogP contribution in [0.2, 0.25) is 0 Å². The average molecular weight is 365 g/mol. The van der Waals surface area contributed by atoms with Gasteiger partial charge in [-0.15, -0.1) is 0 Å². The Morgan fingerprint density at radius 1 is 1.27 bits per heavy atom. The van der Waals surface area contributed by atoms with Crippen LogP contribution in [-0.4, -0.2) is 20.2 Å². The second kappa shape index (κ2) is 6.27. The minimum atomic E-state index is 0.216. The standard InChI is InChI=1S/C16H13BrO5/c1-19-13-4-2-3-10(7-18)16(13)20-8-11-5-14-15(6-12(11)17)22-9-21-14/h2-7H,8-9H2,1H3. The van der Waals surface area contributed by atoms with E-state index >= 15 is 0 Å². The van der Waals surface area contributed by atoms with Crippen molar-refractivity contribution in [2.45, 2.75) is 6.61 Å². The molecule has 3 rings (SSSR count). The van der Waals surface area contributed by atoms with Crippen LogP contribution in [0.4, 0.5) is 0 Å². The summed E-state index contributed by atoms with van der Waals surface area (Å²) < 4.78 is 22.5. The predicted octanol–water partition coefficient (Wildman–Crippen LogP) is 3.58. The number of aldehydes is 1. The first-order chi connectivity index (χ1) is 10.7. The molecule has 0 fully saturated rings. The summed E-state index contributed by atoms with van der Waals surface area (Å²) in [4.78, 5) is 11.1. The molecule has 0 aromatic heterocycles. The molecular formula is C16H13BrO5. The highest BCUT2D eigenvalue weighted by Crippen LogP contribution is 2.38. The zero-order valence-corrected chi connectivity index (χ0v) is 13.4. The topological polar surface area (TPSA) is 54.0 Å². The van der Waals surface area contributed by atoms with Crippen LogP contribution < -0.4 is 18.9 Å². The van der Waals surface area contributed by atoms with Crippen molar-refractivity contribution in [3.05, 3.63) is 45.9 Å². The van der Waals surface area contributed by atoms with Gasteiger partial charge in [0.05, 0.1) is 12.7 Å². The molecule has 22 heavy (non-hydrogen) atoms. The van der Waals surface area contributed by atoms with E-state index in [2.05, 4.69) is 15.9 Å². The predicted molar refractivity (Wildman–Crippen MR) is 83.0 cm³/mol. The molecule has 0 spiro atoms. The molecule has 6 heteroatoms. The fourth-order valence-electron chi connectivity index (χ4n) is 2.16. The number of hydrogen-bond donors (Lipinski definition) is 0. The Bertz CT molecular complexity index is 714. The quantitative estimate of drug-likeness (QED) is 0.759.